The number of benzene rings is 1. The third-order valence-corrected chi connectivity index (χ3v) is 5.60. The predicted molar refractivity (Wildman–Crippen MR) is 135 cm³/mol. The van der Waals surface area contributed by atoms with Gasteiger partial charge in [-0.15, -0.1) is 10.2 Å². The molecule has 0 bridgehead atoms. The minimum absolute atomic E-state index is 0.0250. The van der Waals surface area contributed by atoms with Crippen LogP contribution in [-0.2, 0) is 11.3 Å². The van der Waals surface area contributed by atoms with Crippen molar-refractivity contribution in [3.63, 3.8) is 0 Å². The molecule has 35 heavy (non-hydrogen) atoms. The molecule has 2 aromatic rings. The van der Waals surface area contributed by atoms with Gasteiger partial charge in [0, 0.05) is 37.3 Å². The zero-order valence-electron chi connectivity index (χ0n) is 20.5. The van der Waals surface area contributed by atoms with Crippen LogP contribution in [0.2, 0.25) is 0 Å². The lowest BCUT2D eigenvalue weighted by Gasteiger charge is -2.34. The Morgan fingerprint density at radius 3 is 2.57 bits per heavy atom. The van der Waals surface area contributed by atoms with Crippen molar-refractivity contribution in [2.45, 2.75) is 34.2 Å². The average molecular weight is 497 g/mol. The van der Waals surface area contributed by atoms with Gasteiger partial charge in [-0.25, -0.2) is 4.99 Å². The van der Waals surface area contributed by atoms with E-state index in [1.165, 1.54) is 0 Å². The number of hydrogen-bond donors (Lipinski definition) is 0. The molecule has 2 aliphatic rings. The molecule has 0 saturated carbocycles. The van der Waals surface area contributed by atoms with Gasteiger partial charge in [-0.2, -0.15) is 9.79 Å². The van der Waals surface area contributed by atoms with Crippen molar-refractivity contribution >= 4 is 29.4 Å². The van der Waals surface area contributed by atoms with Crippen LogP contribution in [-0.4, -0.2) is 74.0 Å². The fraction of sp³-hybridized carbons (Fsp3) is 0.417. The summed E-state index contributed by atoms with van der Waals surface area (Å²) >= 11 is 5.73. The number of amides is 1. The first-order valence-corrected chi connectivity index (χ1v) is 11.7. The van der Waals surface area contributed by atoms with Gasteiger partial charge in [0.1, 0.15) is 5.16 Å². The maximum Gasteiger partial charge on any atom is 0.300 e. The summed E-state index contributed by atoms with van der Waals surface area (Å²) in [5.41, 5.74) is 2.46. The van der Waals surface area contributed by atoms with Crippen LogP contribution in [0.3, 0.4) is 0 Å². The van der Waals surface area contributed by atoms with Crippen LogP contribution in [0.15, 0.2) is 52.3 Å². The maximum atomic E-state index is 13.2. The largest absolute Gasteiger partial charge is 0.422 e. The molecule has 3 heterocycles. The highest BCUT2D eigenvalue weighted by molar-refractivity contribution is 6.30. The first-order valence-electron chi connectivity index (χ1n) is 11.3. The highest BCUT2D eigenvalue weighted by Gasteiger charge is 2.29. The van der Waals surface area contributed by atoms with Crippen molar-refractivity contribution in [1.29, 1.82) is 0 Å². The lowest BCUT2D eigenvalue weighted by molar-refractivity contribution is 0.0679. The van der Waals surface area contributed by atoms with Gasteiger partial charge in [-0.1, -0.05) is 45.5 Å². The normalized spacial score (nSPS) is 17.6. The van der Waals surface area contributed by atoms with E-state index in [9.17, 15) is 4.79 Å². The Bertz CT molecular complexity index is 1230. The molecule has 0 atom stereocenters. The number of ether oxygens (including phenoxy) is 1. The lowest BCUT2D eigenvalue weighted by atomic mass is 9.97. The van der Waals surface area contributed by atoms with Crippen LogP contribution in [0.25, 0.3) is 11.4 Å². The molecule has 4 rings (SSSR count). The molecule has 1 amide bonds. The minimum atomic E-state index is -0.0250. The highest BCUT2D eigenvalue weighted by atomic mass is 35.5. The van der Waals surface area contributed by atoms with E-state index in [4.69, 9.17) is 16.3 Å². The molecule has 2 aliphatic heterocycles. The van der Waals surface area contributed by atoms with Crippen LogP contribution < -0.4 is 0 Å². The van der Waals surface area contributed by atoms with Gasteiger partial charge in [-0.3, -0.25) is 4.79 Å². The smallest absolute Gasteiger partial charge is 0.300 e. The molecule has 0 unspecified atom stereocenters. The van der Waals surface area contributed by atoms with Crippen LogP contribution in [0.4, 0.5) is 0 Å². The molecule has 10 nitrogen and oxygen atoms in total. The summed E-state index contributed by atoms with van der Waals surface area (Å²) in [6, 6.07) is 5.99. The quantitative estimate of drug-likeness (QED) is 0.601. The number of hydrogen-bond acceptors (Lipinski definition) is 7. The number of aryl methyl sites for hydroxylation is 1. The number of carbonyl (C=O) groups is 1. The van der Waals surface area contributed by atoms with E-state index in [0.717, 1.165) is 11.1 Å². The molecule has 184 valence electrons. The van der Waals surface area contributed by atoms with Gasteiger partial charge in [0.25, 0.3) is 11.9 Å². The van der Waals surface area contributed by atoms with Gasteiger partial charge < -0.3 is 14.5 Å². The third-order valence-electron chi connectivity index (χ3n) is 5.51. The van der Waals surface area contributed by atoms with Gasteiger partial charge in [-0.05, 0) is 41.3 Å². The molecule has 0 aliphatic carbocycles. The van der Waals surface area contributed by atoms with Crippen molar-refractivity contribution in [2.75, 3.05) is 26.2 Å². The summed E-state index contributed by atoms with van der Waals surface area (Å²) in [7, 11) is 0. The second kappa shape index (κ2) is 9.61. The molecular formula is C24H29ClN8O2. The number of rotatable bonds is 4. The van der Waals surface area contributed by atoms with E-state index < -0.39 is 0 Å². The number of piperazine rings is 1. The summed E-state index contributed by atoms with van der Waals surface area (Å²) in [5, 5.41) is 13.0. The summed E-state index contributed by atoms with van der Waals surface area (Å²) in [5.74, 6) is 1.16. The van der Waals surface area contributed by atoms with Gasteiger partial charge in [0.15, 0.2) is 5.76 Å². The zero-order chi connectivity index (χ0) is 25.3. The van der Waals surface area contributed by atoms with Crippen molar-refractivity contribution < 1.29 is 9.53 Å². The second-order valence-corrected chi connectivity index (χ2v) is 10.2. The fourth-order valence-corrected chi connectivity index (χ4v) is 3.92. The number of halogens is 1. The molecule has 1 fully saturated rings. The summed E-state index contributed by atoms with van der Waals surface area (Å²) < 4.78 is 5.62. The van der Waals surface area contributed by atoms with E-state index in [1.807, 2.05) is 34.9 Å². The van der Waals surface area contributed by atoms with Crippen molar-refractivity contribution in [3.05, 3.63) is 53.4 Å². The summed E-state index contributed by atoms with van der Waals surface area (Å²) in [6.45, 7) is 18.5. The fourth-order valence-electron chi connectivity index (χ4n) is 3.84. The number of aromatic nitrogens is 4. The Labute approximate surface area is 209 Å². The molecular weight excluding hydrogens is 468 g/mol. The maximum absolute atomic E-state index is 13.2. The number of carbonyl (C=O) groups excluding carboxylic acids is 1. The van der Waals surface area contributed by atoms with Crippen molar-refractivity contribution in [2.24, 2.45) is 15.4 Å². The number of tetrazole rings is 1. The van der Waals surface area contributed by atoms with Gasteiger partial charge in [0.2, 0.25) is 11.7 Å². The third kappa shape index (κ3) is 5.76. The van der Waals surface area contributed by atoms with E-state index >= 15 is 0 Å². The first kappa shape index (κ1) is 24.6. The summed E-state index contributed by atoms with van der Waals surface area (Å²) in [4.78, 5) is 26.9. The molecule has 0 radical (unpaired) electrons. The number of aliphatic imine (C=N–C) groups is 2. The van der Waals surface area contributed by atoms with E-state index in [1.54, 1.807) is 4.80 Å². The Morgan fingerprint density at radius 2 is 1.94 bits per heavy atom. The lowest BCUT2D eigenvalue weighted by Crippen LogP contribution is -2.50. The van der Waals surface area contributed by atoms with Crippen LogP contribution >= 0.6 is 11.6 Å². The van der Waals surface area contributed by atoms with Gasteiger partial charge in [0.05, 0.1) is 6.54 Å². The monoisotopic (exact) mass is 496 g/mol. The van der Waals surface area contributed by atoms with E-state index in [0.29, 0.717) is 61.7 Å². The average Bonchev–Trinajstić information content (AvgIpc) is 3.38. The molecule has 0 spiro atoms. The SMILES string of the molecule is C=C(Cl)/N=C1/N=C(N2CCN(C(=O)c3ccc(-c4nnn(CC(C)(C)C)n4)c(C)c3)CC2)OC1=C. The molecule has 0 N–H and O–H groups in total. The Balaban J connectivity index is 1.40. The number of amidine groups is 2. The Kier molecular flexibility index (Phi) is 6.75. The standard InChI is InChI=1S/C24H29ClN8O2/c1-15-13-18(7-8-19(15)21-28-30-33(29-21)14-24(4,5)6)22(34)31-9-11-32(12-10-31)23-27-20(16(2)35-23)26-17(3)25/h7-8,13H,2-3,9-12,14H2,1,4-6H3/b26-20+. The summed E-state index contributed by atoms with van der Waals surface area (Å²) in [6.07, 6.45) is 0. The Morgan fingerprint density at radius 1 is 1.23 bits per heavy atom. The highest BCUT2D eigenvalue weighted by Crippen LogP contribution is 2.23. The van der Waals surface area contributed by atoms with E-state index in [2.05, 4.69) is 59.3 Å². The van der Waals surface area contributed by atoms with Crippen LogP contribution in [0.1, 0.15) is 36.7 Å². The van der Waals surface area contributed by atoms with Crippen molar-refractivity contribution in [3.8, 4) is 11.4 Å². The van der Waals surface area contributed by atoms with Crippen LogP contribution in [0, 0.1) is 12.3 Å². The minimum Gasteiger partial charge on any atom is -0.422 e. The topological polar surface area (TPSA) is 101 Å². The van der Waals surface area contributed by atoms with Gasteiger partial charge >= 0.3 is 0 Å². The molecule has 1 saturated heterocycles. The van der Waals surface area contributed by atoms with Crippen molar-refractivity contribution in [1.82, 2.24) is 30.0 Å². The van der Waals surface area contributed by atoms with E-state index in [-0.39, 0.29) is 16.5 Å². The molecule has 1 aromatic carbocycles. The predicted octanol–water partition coefficient (Wildman–Crippen LogP) is 3.46. The molecule has 1 aromatic heterocycles. The number of nitrogens with zero attached hydrogens (tertiary/aromatic N) is 8. The first-order chi connectivity index (χ1) is 16.5. The second-order valence-electron chi connectivity index (χ2n) is 9.74. The van der Waals surface area contributed by atoms with Crippen LogP contribution in [0.5, 0.6) is 0 Å². The Hall–Kier alpha value is -3.53. The molecule has 11 heteroatoms. The zero-order valence-corrected chi connectivity index (χ0v) is 21.2.